The second-order valence-corrected chi connectivity index (χ2v) is 2.63. The highest BCUT2D eigenvalue weighted by Crippen LogP contribution is 2.19. The quantitative estimate of drug-likeness (QED) is 0.608. The number of aryl methyl sites for hydroxylation is 1. The average molecular weight is 162 g/mol. The van der Waals surface area contributed by atoms with E-state index in [1.54, 1.807) is 0 Å². The second kappa shape index (κ2) is 3.90. The molecule has 0 spiro atoms. The van der Waals surface area contributed by atoms with E-state index in [1.165, 1.54) is 0 Å². The lowest BCUT2D eigenvalue weighted by molar-refractivity contribution is 0.925. The van der Waals surface area contributed by atoms with Crippen LogP contribution in [0, 0.1) is 0 Å². The maximum Gasteiger partial charge on any atom is 0.139 e. The summed E-state index contributed by atoms with van der Waals surface area (Å²) in [6.07, 6.45) is 6.67. The molecule has 1 aromatic heterocycles. The molecule has 12 heavy (non-hydrogen) atoms. The molecule has 0 aromatic carbocycles. The van der Waals surface area contributed by atoms with E-state index < -0.39 is 0 Å². The summed E-state index contributed by atoms with van der Waals surface area (Å²) in [5.41, 5.74) is 1.09. The number of nitrogens with zero attached hydrogens (tertiary/aromatic N) is 2. The highest BCUT2D eigenvalue weighted by atomic mass is 15.0. The maximum absolute atomic E-state index is 4.32. The lowest BCUT2D eigenvalue weighted by Crippen LogP contribution is -1.83. The zero-order valence-corrected chi connectivity index (χ0v) is 7.62. The summed E-state index contributed by atoms with van der Waals surface area (Å²) < 4.78 is 1.99. The van der Waals surface area contributed by atoms with Gasteiger partial charge in [-0.05, 0) is 12.5 Å². The van der Waals surface area contributed by atoms with Crippen LogP contribution in [0.3, 0.4) is 0 Å². The Kier molecular flexibility index (Phi) is 2.86. The molecule has 0 aliphatic rings. The molecule has 0 saturated heterocycles. The first-order valence-electron chi connectivity index (χ1n) is 4.10. The van der Waals surface area contributed by atoms with E-state index in [9.17, 15) is 0 Å². The molecule has 0 N–H and O–H groups in total. The molecule has 2 heteroatoms. The van der Waals surface area contributed by atoms with Gasteiger partial charge < -0.3 is 4.57 Å². The van der Waals surface area contributed by atoms with Crippen molar-refractivity contribution in [3.05, 3.63) is 24.4 Å². The first kappa shape index (κ1) is 8.78. The summed E-state index contributed by atoms with van der Waals surface area (Å²) in [5.74, 6) is 0.979. The third-order valence-corrected chi connectivity index (χ3v) is 1.69. The van der Waals surface area contributed by atoms with Crippen molar-refractivity contribution in [3.63, 3.8) is 0 Å². The van der Waals surface area contributed by atoms with Crippen LogP contribution in [0.2, 0.25) is 0 Å². The largest absolute Gasteiger partial charge is 0.336 e. The van der Waals surface area contributed by atoms with E-state index in [0.717, 1.165) is 17.8 Å². The standard InChI is InChI=1S/C10H14N2/c1-4-7-11-10-9(5-2)6-8-12(10)3/h5-8H,2,4H2,1,3H3/b11-7-. The first-order valence-corrected chi connectivity index (χ1v) is 4.10. The third-order valence-electron chi connectivity index (χ3n) is 1.69. The van der Waals surface area contributed by atoms with Gasteiger partial charge in [-0.15, -0.1) is 0 Å². The zero-order chi connectivity index (χ0) is 8.97. The Morgan fingerprint density at radius 1 is 1.67 bits per heavy atom. The van der Waals surface area contributed by atoms with Gasteiger partial charge in [-0.3, -0.25) is 0 Å². The Bertz CT molecular complexity index is 295. The van der Waals surface area contributed by atoms with Crippen molar-refractivity contribution in [2.45, 2.75) is 13.3 Å². The lowest BCUT2D eigenvalue weighted by atomic mass is 10.3. The van der Waals surface area contributed by atoms with Crippen molar-refractivity contribution < 1.29 is 0 Å². The van der Waals surface area contributed by atoms with Crippen molar-refractivity contribution in [2.75, 3.05) is 0 Å². The number of aromatic nitrogens is 1. The Labute approximate surface area is 73.2 Å². The molecule has 0 fully saturated rings. The molecule has 64 valence electrons. The van der Waals surface area contributed by atoms with Gasteiger partial charge in [0.2, 0.25) is 0 Å². The molecule has 0 aliphatic carbocycles. The third kappa shape index (κ3) is 1.64. The molecule has 2 nitrogen and oxygen atoms in total. The van der Waals surface area contributed by atoms with Crippen LogP contribution in [0.1, 0.15) is 18.9 Å². The van der Waals surface area contributed by atoms with Gasteiger partial charge in [0.05, 0.1) is 0 Å². The summed E-state index contributed by atoms with van der Waals surface area (Å²) in [7, 11) is 1.98. The Morgan fingerprint density at radius 2 is 2.42 bits per heavy atom. The molecule has 0 bridgehead atoms. The van der Waals surface area contributed by atoms with Crippen molar-refractivity contribution in [2.24, 2.45) is 12.0 Å². The number of rotatable bonds is 3. The van der Waals surface area contributed by atoms with E-state index in [2.05, 4.69) is 18.5 Å². The van der Waals surface area contributed by atoms with E-state index in [4.69, 9.17) is 0 Å². The van der Waals surface area contributed by atoms with Gasteiger partial charge in [0, 0.05) is 25.0 Å². The summed E-state index contributed by atoms with van der Waals surface area (Å²) in [5, 5.41) is 0. The van der Waals surface area contributed by atoms with E-state index in [-0.39, 0.29) is 0 Å². The lowest BCUT2D eigenvalue weighted by Gasteiger charge is -1.96. The van der Waals surface area contributed by atoms with Crippen molar-refractivity contribution in [1.82, 2.24) is 4.57 Å². The summed E-state index contributed by atoms with van der Waals surface area (Å²) in [6.45, 7) is 5.80. The van der Waals surface area contributed by atoms with E-state index in [1.807, 2.05) is 36.2 Å². The fourth-order valence-electron chi connectivity index (χ4n) is 1.04. The van der Waals surface area contributed by atoms with E-state index >= 15 is 0 Å². The van der Waals surface area contributed by atoms with Crippen LogP contribution in [0.15, 0.2) is 23.8 Å². The number of aliphatic imine (C=N–C) groups is 1. The van der Waals surface area contributed by atoms with Crippen LogP contribution in [0.5, 0.6) is 0 Å². The molecule has 0 atom stereocenters. The molecule has 1 heterocycles. The van der Waals surface area contributed by atoms with Crippen LogP contribution in [-0.4, -0.2) is 10.8 Å². The minimum Gasteiger partial charge on any atom is -0.336 e. The molecular weight excluding hydrogens is 148 g/mol. The number of hydrogen-bond donors (Lipinski definition) is 0. The molecular formula is C10H14N2. The second-order valence-electron chi connectivity index (χ2n) is 2.63. The van der Waals surface area contributed by atoms with Crippen LogP contribution in [0.25, 0.3) is 6.08 Å². The smallest absolute Gasteiger partial charge is 0.139 e. The highest BCUT2D eigenvalue weighted by molar-refractivity contribution is 5.68. The van der Waals surface area contributed by atoms with Crippen LogP contribution in [-0.2, 0) is 7.05 Å². The minimum absolute atomic E-state index is 0.960. The summed E-state index contributed by atoms with van der Waals surface area (Å²) in [6, 6.07) is 2.01. The summed E-state index contributed by atoms with van der Waals surface area (Å²) >= 11 is 0. The maximum atomic E-state index is 4.32. The van der Waals surface area contributed by atoms with Gasteiger partial charge in [0.25, 0.3) is 0 Å². The van der Waals surface area contributed by atoms with Gasteiger partial charge in [-0.1, -0.05) is 19.6 Å². The highest BCUT2D eigenvalue weighted by Gasteiger charge is 1.99. The predicted octanol–water partition coefficient (Wildman–Crippen LogP) is 2.78. The Morgan fingerprint density at radius 3 is 3.00 bits per heavy atom. The van der Waals surface area contributed by atoms with Crippen LogP contribution in [0.4, 0.5) is 5.82 Å². The van der Waals surface area contributed by atoms with Gasteiger partial charge in [-0.25, -0.2) is 4.99 Å². The van der Waals surface area contributed by atoms with E-state index in [0.29, 0.717) is 0 Å². The molecule has 0 saturated carbocycles. The van der Waals surface area contributed by atoms with Crippen molar-refractivity contribution in [1.29, 1.82) is 0 Å². The van der Waals surface area contributed by atoms with Gasteiger partial charge in [0.1, 0.15) is 5.82 Å². The zero-order valence-electron chi connectivity index (χ0n) is 7.62. The molecule has 1 aromatic rings. The van der Waals surface area contributed by atoms with Crippen molar-refractivity contribution >= 4 is 18.1 Å². The van der Waals surface area contributed by atoms with Crippen molar-refractivity contribution in [3.8, 4) is 0 Å². The molecule has 1 rings (SSSR count). The monoisotopic (exact) mass is 162 g/mol. The molecule has 0 amide bonds. The normalized spacial score (nSPS) is 10.8. The fourth-order valence-corrected chi connectivity index (χ4v) is 1.04. The summed E-state index contributed by atoms with van der Waals surface area (Å²) in [4.78, 5) is 4.32. The first-order chi connectivity index (χ1) is 5.79. The SMILES string of the molecule is C=Cc1ccn(C)c1/N=C\CC. The Balaban J connectivity index is 3.01. The Hall–Kier alpha value is -1.31. The molecule has 0 aliphatic heterocycles. The van der Waals surface area contributed by atoms with Gasteiger partial charge >= 0.3 is 0 Å². The minimum atomic E-state index is 0.960. The van der Waals surface area contributed by atoms with Gasteiger partial charge in [0.15, 0.2) is 0 Å². The predicted molar refractivity (Wildman–Crippen MR) is 53.9 cm³/mol. The average Bonchev–Trinajstić information content (AvgIpc) is 2.43. The van der Waals surface area contributed by atoms with Gasteiger partial charge in [-0.2, -0.15) is 0 Å². The topological polar surface area (TPSA) is 17.3 Å². The fraction of sp³-hybridized carbons (Fsp3) is 0.300. The van der Waals surface area contributed by atoms with Crippen LogP contribution >= 0.6 is 0 Å². The number of hydrogen-bond acceptors (Lipinski definition) is 1. The van der Waals surface area contributed by atoms with Crippen LogP contribution < -0.4 is 0 Å². The molecule has 0 unspecified atom stereocenters. The molecule has 0 radical (unpaired) electrons.